The first-order valence-electron chi connectivity index (χ1n) is 9.52. The van der Waals surface area contributed by atoms with Gasteiger partial charge < -0.3 is 14.8 Å². The largest absolute Gasteiger partial charge is 0.349 e. The number of benzene rings is 1. The van der Waals surface area contributed by atoms with Crippen LogP contribution in [0.15, 0.2) is 53.1 Å². The molecule has 2 heterocycles. The van der Waals surface area contributed by atoms with E-state index in [0.717, 1.165) is 48.4 Å². The molecule has 0 aliphatic carbocycles. The van der Waals surface area contributed by atoms with Gasteiger partial charge in [-0.15, -0.1) is 35.3 Å². The summed E-state index contributed by atoms with van der Waals surface area (Å²) in [7, 11) is 3.83. The maximum atomic E-state index is 4.53. The summed E-state index contributed by atoms with van der Waals surface area (Å²) < 4.78 is 2.22. The second kappa shape index (κ2) is 11.9. The van der Waals surface area contributed by atoms with Crippen LogP contribution in [0.5, 0.6) is 0 Å². The number of rotatable bonds is 8. The predicted molar refractivity (Wildman–Crippen MR) is 131 cm³/mol. The monoisotopic (exact) mass is 524 g/mol. The summed E-state index contributed by atoms with van der Waals surface area (Å²) in [4.78, 5) is 15.5. The van der Waals surface area contributed by atoms with Crippen molar-refractivity contribution >= 4 is 41.3 Å². The number of hydrogen-bond acceptors (Lipinski definition) is 4. The third kappa shape index (κ3) is 7.11. The summed E-state index contributed by atoms with van der Waals surface area (Å²) >= 11 is 1.67. The summed E-state index contributed by atoms with van der Waals surface area (Å²) in [6, 6.07) is 10.6. The molecule has 0 fully saturated rings. The maximum absolute atomic E-state index is 4.53. The first kappa shape index (κ1) is 23.3. The van der Waals surface area contributed by atoms with Crippen LogP contribution in [0.3, 0.4) is 0 Å². The molecule has 8 heteroatoms. The molecule has 1 aromatic carbocycles. The van der Waals surface area contributed by atoms with Crippen LogP contribution < -0.4 is 5.32 Å². The fraction of sp³-hybridized carbons (Fsp3) is 0.381. The Morgan fingerprint density at radius 3 is 2.76 bits per heavy atom. The number of halogens is 1. The lowest BCUT2D eigenvalue weighted by Crippen LogP contribution is -2.38. The second-order valence-corrected chi connectivity index (χ2v) is 7.80. The van der Waals surface area contributed by atoms with Crippen LogP contribution in [-0.2, 0) is 26.1 Å². The lowest BCUT2D eigenvalue weighted by atomic mass is 10.1. The minimum atomic E-state index is 0. The SMILES string of the molecule is CN=C(NCc1nccn1CCCc1ccccc1)N(C)Cc1csc(C)n1.I. The topological polar surface area (TPSA) is 58.3 Å². The summed E-state index contributed by atoms with van der Waals surface area (Å²) in [5, 5.41) is 6.60. The zero-order chi connectivity index (χ0) is 19.8. The van der Waals surface area contributed by atoms with Gasteiger partial charge in [-0.3, -0.25) is 4.99 Å². The van der Waals surface area contributed by atoms with Gasteiger partial charge in [-0.1, -0.05) is 30.3 Å². The average molecular weight is 524 g/mol. The van der Waals surface area contributed by atoms with Gasteiger partial charge in [0.1, 0.15) is 5.82 Å². The van der Waals surface area contributed by atoms with Crippen LogP contribution >= 0.6 is 35.3 Å². The van der Waals surface area contributed by atoms with Gasteiger partial charge in [0.05, 0.1) is 23.8 Å². The molecule has 0 unspecified atom stereocenters. The highest BCUT2D eigenvalue weighted by molar-refractivity contribution is 14.0. The molecule has 0 saturated heterocycles. The Labute approximate surface area is 194 Å². The van der Waals surface area contributed by atoms with Gasteiger partial charge in [0.2, 0.25) is 0 Å². The standard InChI is InChI=1S/C21H28N6S.HI/c1-17-25-19(16-28-17)15-26(3)21(22-2)24-14-20-23-11-13-27(20)12-7-10-18-8-5-4-6-9-18;/h4-6,8-9,11,13,16H,7,10,12,14-15H2,1-3H3,(H,22,24);1H. The number of aryl methyl sites for hydroxylation is 3. The smallest absolute Gasteiger partial charge is 0.194 e. The predicted octanol–water partition coefficient (Wildman–Crippen LogP) is 4.11. The molecule has 6 nitrogen and oxygen atoms in total. The van der Waals surface area contributed by atoms with Gasteiger partial charge in [0.25, 0.3) is 0 Å². The first-order chi connectivity index (χ1) is 13.7. The van der Waals surface area contributed by atoms with Crippen LogP contribution in [0.1, 0.15) is 28.5 Å². The van der Waals surface area contributed by atoms with Crippen molar-refractivity contribution in [3.63, 3.8) is 0 Å². The van der Waals surface area contributed by atoms with E-state index < -0.39 is 0 Å². The molecular weight excluding hydrogens is 495 g/mol. The van der Waals surface area contributed by atoms with E-state index in [1.165, 1.54) is 5.56 Å². The first-order valence-corrected chi connectivity index (χ1v) is 10.4. The Balaban J connectivity index is 0.00000300. The third-order valence-electron chi connectivity index (χ3n) is 4.55. The molecule has 0 bridgehead atoms. The van der Waals surface area contributed by atoms with Crippen LogP contribution in [0.25, 0.3) is 0 Å². The van der Waals surface area contributed by atoms with Crippen molar-refractivity contribution in [2.45, 2.75) is 39.4 Å². The third-order valence-corrected chi connectivity index (χ3v) is 5.38. The van der Waals surface area contributed by atoms with Crippen LogP contribution in [0.2, 0.25) is 0 Å². The number of thiazole rings is 1. The van der Waals surface area contributed by atoms with E-state index in [9.17, 15) is 0 Å². The number of aliphatic imine (C=N–C) groups is 1. The summed E-state index contributed by atoms with van der Waals surface area (Å²) in [5.41, 5.74) is 2.44. The molecule has 0 aliphatic rings. The number of nitrogens with zero attached hydrogens (tertiary/aromatic N) is 5. The highest BCUT2D eigenvalue weighted by Crippen LogP contribution is 2.10. The van der Waals surface area contributed by atoms with E-state index in [0.29, 0.717) is 6.54 Å². The second-order valence-electron chi connectivity index (χ2n) is 6.74. The fourth-order valence-electron chi connectivity index (χ4n) is 3.15. The number of aromatic nitrogens is 3. The van der Waals surface area contributed by atoms with Crippen LogP contribution in [0.4, 0.5) is 0 Å². The van der Waals surface area contributed by atoms with Crippen molar-refractivity contribution in [2.24, 2.45) is 4.99 Å². The number of hydrogen-bond donors (Lipinski definition) is 1. The van der Waals surface area contributed by atoms with Gasteiger partial charge in [-0.2, -0.15) is 0 Å². The number of guanidine groups is 1. The Bertz CT molecular complexity index is 889. The van der Waals surface area contributed by atoms with E-state index in [4.69, 9.17) is 0 Å². The van der Waals surface area contributed by atoms with Crippen molar-refractivity contribution in [2.75, 3.05) is 14.1 Å². The molecule has 0 saturated carbocycles. The summed E-state index contributed by atoms with van der Waals surface area (Å²) in [5.74, 6) is 1.86. The molecule has 2 aromatic heterocycles. The molecule has 3 rings (SSSR count). The normalized spacial score (nSPS) is 11.2. The molecule has 0 atom stereocenters. The Hall–Kier alpha value is -1.94. The van der Waals surface area contributed by atoms with Crippen molar-refractivity contribution in [1.29, 1.82) is 0 Å². The minimum Gasteiger partial charge on any atom is -0.349 e. The molecule has 0 aliphatic heterocycles. The highest BCUT2D eigenvalue weighted by Gasteiger charge is 2.10. The molecule has 1 N–H and O–H groups in total. The van der Waals surface area contributed by atoms with Crippen LogP contribution in [-0.4, -0.2) is 39.5 Å². The maximum Gasteiger partial charge on any atom is 0.194 e. The molecule has 0 amide bonds. The summed E-state index contributed by atoms with van der Waals surface area (Å²) in [6.07, 6.45) is 6.07. The van der Waals surface area contributed by atoms with Gasteiger partial charge in [-0.05, 0) is 25.3 Å². The van der Waals surface area contributed by atoms with Crippen molar-refractivity contribution in [3.8, 4) is 0 Å². The van der Waals surface area contributed by atoms with E-state index in [-0.39, 0.29) is 24.0 Å². The molecule has 0 radical (unpaired) electrons. The van der Waals surface area contributed by atoms with Crippen LogP contribution in [0, 0.1) is 6.92 Å². The molecule has 0 spiro atoms. The minimum absolute atomic E-state index is 0. The van der Waals surface area contributed by atoms with E-state index >= 15 is 0 Å². The van der Waals surface area contributed by atoms with E-state index in [1.54, 1.807) is 18.4 Å². The number of nitrogens with one attached hydrogen (secondary N) is 1. The van der Waals surface area contributed by atoms with E-state index in [2.05, 4.69) is 65.5 Å². The lowest BCUT2D eigenvalue weighted by molar-refractivity contribution is 0.467. The highest BCUT2D eigenvalue weighted by atomic mass is 127. The lowest BCUT2D eigenvalue weighted by Gasteiger charge is -2.21. The fourth-order valence-corrected chi connectivity index (χ4v) is 3.75. The molecule has 3 aromatic rings. The molecular formula is C21H29IN6S. The average Bonchev–Trinajstić information content (AvgIpc) is 3.32. The van der Waals surface area contributed by atoms with Crippen molar-refractivity contribution < 1.29 is 0 Å². The molecule has 29 heavy (non-hydrogen) atoms. The number of imidazole rings is 1. The Kier molecular flexibility index (Phi) is 9.59. The molecule has 156 valence electrons. The van der Waals surface area contributed by atoms with Gasteiger partial charge >= 0.3 is 0 Å². The van der Waals surface area contributed by atoms with Crippen molar-refractivity contribution in [1.82, 2.24) is 24.8 Å². The quantitative estimate of drug-likeness (QED) is 0.274. The Morgan fingerprint density at radius 1 is 1.28 bits per heavy atom. The van der Waals surface area contributed by atoms with Gasteiger partial charge in [0.15, 0.2) is 5.96 Å². The van der Waals surface area contributed by atoms with Crippen molar-refractivity contribution in [3.05, 3.63) is 70.2 Å². The van der Waals surface area contributed by atoms with Gasteiger partial charge in [-0.25, -0.2) is 9.97 Å². The zero-order valence-electron chi connectivity index (χ0n) is 17.2. The zero-order valence-corrected chi connectivity index (χ0v) is 20.4. The summed E-state index contributed by atoms with van der Waals surface area (Å²) in [6.45, 7) is 4.36. The van der Waals surface area contributed by atoms with E-state index in [1.807, 2.05) is 26.4 Å². The Morgan fingerprint density at radius 2 is 2.07 bits per heavy atom. The van der Waals surface area contributed by atoms with Gasteiger partial charge in [0, 0.05) is 38.4 Å².